The highest BCUT2D eigenvalue weighted by Crippen LogP contribution is 2.25. The van der Waals surface area contributed by atoms with Crippen LogP contribution in [0.5, 0.6) is 0 Å². The van der Waals surface area contributed by atoms with Crippen LogP contribution < -0.4 is 10.2 Å². The van der Waals surface area contributed by atoms with Gasteiger partial charge in [-0.3, -0.25) is 9.69 Å². The summed E-state index contributed by atoms with van der Waals surface area (Å²) in [5, 5.41) is 3.52. The smallest absolute Gasteiger partial charge is 0.244 e. The second kappa shape index (κ2) is 9.01. The van der Waals surface area contributed by atoms with Gasteiger partial charge in [0.1, 0.15) is 11.6 Å². The van der Waals surface area contributed by atoms with E-state index in [1.54, 1.807) is 35.2 Å². The van der Waals surface area contributed by atoms with Crippen LogP contribution >= 0.6 is 0 Å². The third-order valence-electron chi connectivity index (χ3n) is 5.90. The maximum Gasteiger partial charge on any atom is 0.244 e. The number of nitrogens with one attached hydrogen (secondary N) is 1. The molecule has 2 aromatic carbocycles. The van der Waals surface area contributed by atoms with Gasteiger partial charge in [0.2, 0.25) is 5.91 Å². The first-order valence-corrected chi connectivity index (χ1v) is 10.4. The first-order valence-electron chi connectivity index (χ1n) is 10.4. The zero-order valence-electron chi connectivity index (χ0n) is 16.5. The number of amides is 1. The summed E-state index contributed by atoms with van der Waals surface area (Å²) in [6.45, 7) is 3.12. The number of anilines is 1. The molecule has 0 aliphatic carbocycles. The average molecular weight is 399 g/mol. The van der Waals surface area contributed by atoms with Crippen molar-refractivity contribution in [2.75, 3.05) is 24.5 Å². The fourth-order valence-corrected chi connectivity index (χ4v) is 4.38. The van der Waals surface area contributed by atoms with Crippen LogP contribution in [0.15, 0.2) is 48.5 Å². The minimum Gasteiger partial charge on any atom is -0.308 e. The maximum absolute atomic E-state index is 14.1. The number of likely N-dealkylation sites (tertiary alicyclic amines) is 1. The van der Waals surface area contributed by atoms with E-state index in [4.69, 9.17) is 0 Å². The zero-order chi connectivity index (χ0) is 20.2. The van der Waals surface area contributed by atoms with Crippen LogP contribution in [-0.2, 0) is 11.3 Å². The molecule has 4 rings (SSSR count). The Morgan fingerprint density at radius 3 is 2.52 bits per heavy atom. The van der Waals surface area contributed by atoms with Crippen LogP contribution in [0, 0.1) is 11.6 Å². The van der Waals surface area contributed by atoms with Gasteiger partial charge >= 0.3 is 0 Å². The lowest BCUT2D eigenvalue weighted by Crippen LogP contribution is -2.55. The average Bonchev–Trinajstić information content (AvgIpc) is 2.72. The second-order valence-corrected chi connectivity index (χ2v) is 7.98. The molecule has 2 fully saturated rings. The van der Waals surface area contributed by atoms with E-state index in [0.717, 1.165) is 50.9 Å². The number of halogens is 2. The molecule has 1 amide bonds. The van der Waals surface area contributed by atoms with Gasteiger partial charge in [0.05, 0.1) is 11.7 Å². The summed E-state index contributed by atoms with van der Waals surface area (Å²) in [5.41, 5.74) is 1.35. The van der Waals surface area contributed by atoms with Gasteiger partial charge in [0, 0.05) is 19.1 Å². The number of hydrogen-bond acceptors (Lipinski definition) is 3. The number of benzene rings is 2. The molecule has 4 nitrogen and oxygen atoms in total. The lowest BCUT2D eigenvalue weighted by molar-refractivity contribution is -0.122. The molecular formula is C23H27F2N3O. The van der Waals surface area contributed by atoms with E-state index in [1.807, 2.05) is 6.07 Å². The molecule has 0 unspecified atom stereocenters. The summed E-state index contributed by atoms with van der Waals surface area (Å²) in [6.07, 6.45) is 3.53. The van der Waals surface area contributed by atoms with Gasteiger partial charge < -0.3 is 10.2 Å². The van der Waals surface area contributed by atoms with Gasteiger partial charge in [-0.15, -0.1) is 0 Å². The van der Waals surface area contributed by atoms with Crippen LogP contribution in [0.3, 0.4) is 0 Å². The molecule has 6 heteroatoms. The van der Waals surface area contributed by atoms with Crippen LogP contribution in [-0.4, -0.2) is 42.5 Å². The normalized spacial score (nSPS) is 21.5. The summed E-state index contributed by atoms with van der Waals surface area (Å²) in [5.74, 6) is -0.593. The molecule has 1 N–H and O–H groups in total. The van der Waals surface area contributed by atoms with Crippen LogP contribution in [0.2, 0.25) is 0 Å². The Labute approximate surface area is 170 Å². The summed E-state index contributed by atoms with van der Waals surface area (Å²) >= 11 is 0. The van der Waals surface area contributed by atoms with E-state index in [2.05, 4.69) is 10.2 Å². The Hall–Kier alpha value is -2.31. The molecule has 2 aromatic rings. The number of carbonyl (C=O) groups is 1. The largest absolute Gasteiger partial charge is 0.308 e. The van der Waals surface area contributed by atoms with Gasteiger partial charge in [-0.25, -0.2) is 8.78 Å². The first-order chi connectivity index (χ1) is 14.1. The van der Waals surface area contributed by atoms with Gasteiger partial charge in [0.25, 0.3) is 0 Å². The lowest BCUT2D eigenvalue weighted by Gasteiger charge is -2.38. The van der Waals surface area contributed by atoms with E-state index >= 15 is 0 Å². The topological polar surface area (TPSA) is 35.6 Å². The van der Waals surface area contributed by atoms with Gasteiger partial charge in [-0.2, -0.15) is 0 Å². The Morgan fingerprint density at radius 1 is 0.966 bits per heavy atom. The SMILES string of the molecule is O=C1[C@H](NC2CCN(Cc3cccc(F)c3)CC2)CCCN1c1ccccc1F. The lowest BCUT2D eigenvalue weighted by atomic mass is 9.98. The van der Waals surface area contributed by atoms with Gasteiger partial charge in [-0.1, -0.05) is 24.3 Å². The van der Waals surface area contributed by atoms with Crippen molar-refractivity contribution in [3.05, 3.63) is 65.7 Å². The van der Waals surface area contributed by atoms with Crippen molar-refractivity contribution < 1.29 is 13.6 Å². The Balaban J connectivity index is 1.31. The number of carbonyl (C=O) groups excluding carboxylic acids is 1. The monoisotopic (exact) mass is 399 g/mol. The summed E-state index contributed by atoms with van der Waals surface area (Å²) < 4.78 is 27.5. The van der Waals surface area contributed by atoms with E-state index in [-0.39, 0.29) is 29.6 Å². The number of nitrogens with zero attached hydrogens (tertiary/aromatic N) is 2. The Kier molecular flexibility index (Phi) is 6.21. The molecular weight excluding hydrogens is 372 g/mol. The number of hydrogen-bond donors (Lipinski definition) is 1. The van der Waals surface area contributed by atoms with Crippen molar-refractivity contribution in [1.82, 2.24) is 10.2 Å². The molecule has 0 saturated carbocycles. The molecule has 2 aliphatic heterocycles. The Morgan fingerprint density at radius 2 is 1.76 bits per heavy atom. The van der Waals surface area contributed by atoms with Gasteiger partial charge in [0.15, 0.2) is 0 Å². The van der Waals surface area contributed by atoms with E-state index < -0.39 is 0 Å². The second-order valence-electron chi connectivity index (χ2n) is 7.98. The van der Waals surface area contributed by atoms with E-state index in [1.165, 1.54) is 12.1 Å². The highest BCUT2D eigenvalue weighted by atomic mass is 19.1. The fourth-order valence-electron chi connectivity index (χ4n) is 4.38. The molecule has 154 valence electrons. The molecule has 0 bridgehead atoms. The molecule has 2 saturated heterocycles. The standard InChI is InChI=1S/C23H27F2N3O/c24-18-6-3-5-17(15-18)16-27-13-10-19(11-14-27)26-21-8-4-12-28(23(21)29)22-9-2-1-7-20(22)25/h1-3,5-7,9,15,19,21,26H,4,8,10-14,16H2/t21-/m1/s1. The van der Waals surface area contributed by atoms with E-state index in [0.29, 0.717) is 12.2 Å². The number of rotatable bonds is 5. The van der Waals surface area contributed by atoms with Gasteiger partial charge in [-0.05, 0) is 68.6 Å². The molecule has 0 spiro atoms. The van der Waals surface area contributed by atoms with E-state index in [9.17, 15) is 13.6 Å². The fraction of sp³-hybridized carbons (Fsp3) is 0.435. The van der Waals surface area contributed by atoms with Crippen molar-refractivity contribution in [1.29, 1.82) is 0 Å². The van der Waals surface area contributed by atoms with Crippen LogP contribution in [0.4, 0.5) is 14.5 Å². The minimum absolute atomic E-state index is 0.0384. The van der Waals surface area contributed by atoms with Crippen molar-refractivity contribution in [3.8, 4) is 0 Å². The molecule has 2 heterocycles. The molecule has 0 radical (unpaired) electrons. The quantitative estimate of drug-likeness (QED) is 0.833. The third kappa shape index (κ3) is 4.82. The minimum atomic E-state index is -0.354. The highest BCUT2D eigenvalue weighted by molar-refractivity contribution is 5.98. The van der Waals surface area contributed by atoms with Crippen molar-refractivity contribution in [2.24, 2.45) is 0 Å². The molecule has 2 aliphatic rings. The maximum atomic E-state index is 14.1. The number of piperidine rings is 2. The van der Waals surface area contributed by atoms with Crippen LogP contribution in [0.25, 0.3) is 0 Å². The molecule has 0 aromatic heterocycles. The predicted molar refractivity (Wildman–Crippen MR) is 110 cm³/mol. The van der Waals surface area contributed by atoms with Crippen LogP contribution in [0.1, 0.15) is 31.2 Å². The third-order valence-corrected chi connectivity index (χ3v) is 5.90. The molecule has 1 atom stereocenters. The summed E-state index contributed by atoms with van der Waals surface area (Å²) in [7, 11) is 0. The van der Waals surface area contributed by atoms with Crippen molar-refractivity contribution in [3.63, 3.8) is 0 Å². The first kappa shape index (κ1) is 20.0. The predicted octanol–water partition coefficient (Wildman–Crippen LogP) is 3.71. The Bertz CT molecular complexity index is 852. The number of para-hydroxylation sites is 1. The zero-order valence-corrected chi connectivity index (χ0v) is 16.5. The summed E-state index contributed by atoms with van der Waals surface area (Å²) in [4.78, 5) is 16.8. The summed E-state index contributed by atoms with van der Waals surface area (Å²) in [6, 6.07) is 13.2. The molecule has 29 heavy (non-hydrogen) atoms. The van der Waals surface area contributed by atoms with Crippen molar-refractivity contribution in [2.45, 2.75) is 44.3 Å². The van der Waals surface area contributed by atoms with Crippen molar-refractivity contribution >= 4 is 11.6 Å². The highest BCUT2D eigenvalue weighted by Gasteiger charge is 2.33.